The van der Waals surface area contributed by atoms with Gasteiger partial charge in [-0.1, -0.05) is 34.2 Å². The monoisotopic (exact) mass is 430 g/mol. The highest BCUT2D eigenvalue weighted by molar-refractivity contribution is 7.81. The topological polar surface area (TPSA) is 106 Å². The van der Waals surface area contributed by atoms with Crippen LogP contribution in [-0.2, 0) is 17.1 Å². The van der Waals surface area contributed by atoms with Gasteiger partial charge in [0, 0.05) is 11.8 Å². The lowest BCUT2D eigenvalue weighted by Crippen LogP contribution is -2.10. The molecule has 0 fully saturated rings. The summed E-state index contributed by atoms with van der Waals surface area (Å²) in [7, 11) is -5.44. The lowest BCUT2D eigenvalue weighted by molar-refractivity contribution is 0.103. The smallest absolute Gasteiger partial charge is 0.472 e. The first kappa shape index (κ1) is 20.9. The normalized spacial score (nSPS) is 10.8. The van der Waals surface area contributed by atoms with Gasteiger partial charge in [-0.3, -0.25) is 4.79 Å². The molecule has 0 unspecified atom stereocenters. The third-order valence-electron chi connectivity index (χ3n) is 3.83. The van der Waals surface area contributed by atoms with Gasteiger partial charge in [0.1, 0.15) is 24.1 Å². The Balaban J connectivity index is 1.90. The lowest BCUT2D eigenvalue weighted by Gasteiger charge is -2.10. The van der Waals surface area contributed by atoms with E-state index in [4.69, 9.17) is 4.74 Å². The van der Waals surface area contributed by atoms with E-state index < -0.39 is 33.4 Å². The van der Waals surface area contributed by atoms with Crippen LogP contribution in [0.2, 0.25) is 0 Å². The summed E-state index contributed by atoms with van der Waals surface area (Å²) in [6.07, 6.45) is 1.07. The number of aromatic nitrogens is 1. The van der Waals surface area contributed by atoms with Gasteiger partial charge in [0.25, 0.3) is 0 Å². The summed E-state index contributed by atoms with van der Waals surface area (Å²) in [4.78, 5) is 16.7. The second-order valence-corrected chi connectivity index (χ2v) is 6.86. The van der Waals surface area contributed by atoms with Gasteiger partial charge in [0.15, 0.2) is 11.5 Å². The number of rotatable bonds is 7. The standard InChI is InChI=1S/C20H12F2N2O5S/c21-16-6-7-18(29-30(22,26)27)17(9-16)19(25)15-8-14(10-23)20(24-11-15)28-12-13-4-2-1-3-5-13/h1-9,11H,12H2. The van der Waals surface area contributed by atoms with Gasteiger partial charge in [-0.15, -0.1) is 0 Å². The first-order valence-corrected chi connectivity index (χ1v) is 9.63. The fourth-order valence-electron chi connectivity index (χ4n) is 2.51. The van der Waals surface area contributed by atoms with Crippen LogP contribution >= 0.6 is 0 Å². The number of nitrogens with zero attached hydrogens (tertiary/aromatic N) is 2. The second kappa shape index (κ2) is 8.67. The van der Waals surface area contributed by atoms with Crippen LogP contribution < -0.4 is 8.92 Å². The quantitative estimate of drug-likeness (QED) is 0.417. The SMILES string of the molecule is N#Cc1cc(C(=O)c2cc(F)ccc2OS(=O)(=O)F)cnc1OCc1ccccc1. The number of hydrogen-bond acceptors (Lipinski definition) is 7. The molecule has 3 aromatic rings. The zero-order valence-corrected chi connectivity index (χ0v) is 15.9. The van der Waals surface area contributed by atoms with Crippen LogP contribution in [0.4, 0.5) is 8.28 Å². The van der Waals surface area contributed by atoms with Gasteiger partial charge >= 0.3 is 10.5 Å². The molecular weight excluding hydrogens is 418 g/mol. The second-order valence-electron chi connectivity index (χ2n) is 5.91. The van der Waals surface area contributed by atoms with Crippen molar-refractivity contribution in [1.29, 1.82) is 5.26 Å². The van der Waals surface area contributed by atoms with Crippen molar-refractivity contribution in [2.45, 2.75) is 6.61 Å². The number of hydrogen-bond donors (Lipinski definition) is 0. The number of carbonyl (C=O) groups excluding carboxylic acids is 1. The predicted molar refractivity (Wildman–Crippen MR) is 100 cm³/mol. The Kier molecular flexibility index (Phi) is 6.03. The summed E-state index contributed by atoms with van der Waals surface area (Å²) in [6, 6.07) is 14.4. The predicted octanol–water partition coefficient (Wildman–Crippen LogP) is 3.50. The van der Waals surface area contributed by atoms with Gasteiger partial charge in [0.05, 0.1) is 5.56 Å². The Labute approximate surface area is 170 Å². The molecule has 0 N–H and O–H groups in total. The Bertz CT molecular complexity index is 1240. The molecule has 30 heavy (non-hydrogen) atoms. The number of halogens is 2. The molecule has 0 saturated heterocycles. The van der Waals surface area contributed by atoms with Crippen molar-refractivity contribution in [3.63, 3.8) is 0 Å². The number of ketones is 1. The van der Waals surface area contributed by atoms with Gasteiger partial charge in [-0.25, -0.2) is 9.37 Å². The van der Waals surface area contributed by atoms with Crippen molar-refractivity contribution < 1.29 is 30.4 Å². The fraction of sp³-hybridized carbons (Fsp3) is 0.0500. The highest BCUT2D eigenvalue weighted by Crippen LogP contribution is 2.26. The van der Waals surface area contributed by atoms with Crippen molar-refractivity contribution in [2.75, 3.05) is 0 Å². The first-order valence-electron chi connectivity index (χ1n) is 8.32. The van der Waals surface area contributed by atoms with Crippen molar-refractivity contribution in [3.05, 3.63) is 88.9 Å². The Morgan fingerprint density at radius 2 is 1.87 bits per heavy atom. The summed E-state index contributed by atoms with van der Waals surface area (Å²) in [5.41, 5.74) is 0.0243. The van der Waals surface area contributed by atoms with E-state index in [0.29, 0.717) is 6.07 Å². The zero-order valence-electron chi connectivity index (χ0n) is 15.1. The molecule has 0 amide bonds. The zero-order chi connectivity index (χ0) is 21.7. The summed E-state index contributed by atoms with van der Waals surface area (Å²) >= 11 is 0. The van der Waals surface area contributed by atoms with Crippen LogP contribution in [0.25, 0.3) is 0 Å². The van der Waals surface area contributed by atoms with Crippen LogP contribution in [0.5, 0.6) is 11.6 Å². The highest BCUT2D eigenvalue weighted by Gasteiger charge is 2.22. The fourth-order valence-corrected chi connectivity index (χ4v) is 2.87. The minimum Gasteiger partial charge on any atom is -0.472 e. The molecule has 152 valence electrons. The molecule has 0 radical (unpaired) electrons. The molecule has 2 aromatic carbocycles. The maximum absolute atomic E-state index is 13.6. The molecule has 0 aliphatic carbocycles. The molecule has 7 nitrogen and oxygen atoms in total. The van der Waals surface area contributed by atoms with Gasteiger partial charge in [-0.2, -0.15) is 13.7 Å². The third kappa shape index (κ3) is 5.15. The van der Waals surface area contributed by atoms with Crippen molar-refractivity contribution in [2.24, 2.45) is 0 Å². The van der Waals surface area contributed by atoms with E-state index in [1.54, 1.807) is 0 Å². The number of ether oxygens (including phenoxy) is 1. The maximum atomic E-state index is 13.6. The van der Waals surface area contributed by atoms with E-state index in [0.717, 1.165) is 30.0 Å². The van der Waals surface area contributed by atoms with E-state index >= 15 is 0 Å². The molecule has 0 spiro atoms. The third-order valence-corrected chi connectivity index (χ3v) is 4.21. The lowest BCUT2D eigenvalue weighted by atomic mass is 10.0. The van der Waals surface area contributed by atoms with E-state index in [1.807, 2.05) is 36.4 Å². The van der Waals surface area contributed by atoms with Gasteiger partial charge in [0.2, 0.25) is 5.88 Å². The van der Waals surface area contributed by atoms with E-state index in [1.165, 1.54) is 0 Å². The molecule has 0 aliphatic heterocycles. The molecular formula is C20H12F2N2O5S. The number of benzene rings is 2. The van der Waals surface area contributed by atoms with Crippen molar-refractivity contribution in [3.8, 4) is 17.7 Å². The minimum absolute atomic E-state index is 0.0278. The molecule has 1 heterocycles. The molecule has 0 atom stereocenters. The maximum Gasteiger partial charge on any atom is 0.488 e. The van der Waals surface area contributed by atoms with Gasteiger partial charge < -0.3 is 8.92 Å². The van der Waals surface area contributed by atoms with Crippen LogP contribution in [-0.4, -0.2) is 19.2 Å². The first-order chi connectivity index (χ1) is 14.3. The van der Waals surface area contributed by atoms with Crippen LogP contribution in [0.1, 0.15) is 27.0 Å². The van der Waals surface area contributed by atoms with Crippen LogP contribution in [0.3, 0.4) is 0 Å². The van der Waals surface area contributed by atoms with Crippen molar-refractivity contribution in [1.82, 2.24) is 4.98 Å². The van der Waals surface area contributed by atoms with E-state index in [2.05, 4.69) is 9.17 Å². The summed E-state index contributed by atoms with van der Waals surface area (Å²) in [5.74, 6) is -2.53. The summed E-state index contributed by atoms with van der Waals surface area (Å²) < 4.78 is 57.6. The Hall–Kier alpha value is -3.84. The van der Waals surface area contributed by atoms with Crippen LogP contribution in [0.15, 0.2) is 60.8 Å². The van der Waals surface area contributed by atoms with Crippen LogP contribution in [0, 0.1) is 17.1 Å². The van der Waals surface area contributed by atoms with Gasteiger partial charge in [-0.05, 0) is 29.8 Å². The van der Waals surface area contributed by atoms with E-state index in [-0.39, 0.29) is 23.6 Å². The molecule has 1 aromatic heterocycles. The number of carbonyl (C=O) groups is 1. The molecule has 0 aliphatic rings. The summed E-state index contributed by atoms with van der Waals surface area (Å²) in [6.45, 7) is 0.131. The average Bonchev–Trinajstić information content (AvgIpc) is 2.72. The molecule has 10 heteroatoms. The average molecular weight is 430 g/mol. The number of pyridine rings is 1. The molecule has 3 rings (SSSR count). The largest absolute Gasteiger partial charge is 0.488 e. The Morgan fingerprint density at radius 1 is 1.13 bits per heavy atom. The molecule has 0 saturated carbocycles. The minimum atomic E-state index is -5.44. The van der Waals surface area contributed by atoms with E-state index in [9.17, 15) is 26.8 Å². The summed E-state index contributed by atoms with van der Waals surface area (Å²) in [5, 5.41) is 9.35. The Morgan fingerprint density at radius 3 is 2.53 bits per heavy atom. The molecule has 0 bridgehead atoms. The van der Waals surface area contributed by atoms with Crippen molar-refractivity contribution >= 4 is 16.3 Å². The highest BCUT2D eigenvalue weighted by atomic mass is 32.3. The number of nitriles is 1.